The van der Waals surface area contributed by atoms with Crippen LogP contribution in [0.1, 0.15) is 11.1 Å². The first-order valence-corrected chi connectivity index (χ1v) is 5.14. The molecule has 17 heavy (non-hydrogen) atoms. The molecule has 2 aromatic carbocycles. The first kappa shape index (κ1) is 11.1. The van der Waals surface area contributed by atoms with Gasteiger partial charge in [0.2, 0.25) is 0 Å². The average molecular weight is 224 g/mol. The highest BCUT2D eigenvalue weighted by Gasteiger charge is 2.01. The smallest absolute Gasteiger partial charge is 0.258 e. The van der Waals surface area contributed by atoms with E-state index in [-0.39, 0.29) is 5.69 Å². The van der Waals surface area contributed by atoms with Crippen LogP contribution in [0.25, 0.3) is 12.2 Å². The molecule has 0 bridgehead atoms. The molecule has 0 unspecified atom stereocenters. The van der Waals surface area contributed by atoms with Crippen molar-refractivity contribution in [1.82, 2.24) is 0 Å². The predicted octanol–water partition coefficient (Wildman–Crippen LogP) is 3.57. The highest BCUT2D eigenvalue weighted by atomic mass is 16.6. The van der Waals surface area contributed by atoms with Crippen LogP contribution in [-0.4, -0.2) is 4.92 Å². The molecule has 0 spiro atoms. The van der Waals surface area contributed by atoms with Gasteiger partial charge in [-0.25, -0.2) is 0 Å². The molecule has 0 amide bonds. The van der Waals surface area contributed by atoms with E-state index in [2.05, 4.69) is 6.07 Å². The Labute approximate surface area is 99.2 Å². The summed E-state index contributed by atoms with van der Waals surface area (Å²) < 4.78 is 0. The summed E-state index contributed by atoms with van der Waals surface area (Å²) in [7, 11) is 0. The van der Waals surface area contributed by atoms with E-state index < -0.39 is 4.92 Å². The van der Waals surface area contributed by atoms with Gasteiger partial charge in [0.25, 0.3) is 5.69 Å². The largest absolute Gasteiger partial charge is 0.269 e. The van der Waals surface area contributed by atoms with Crippen LogP contribution in [0, 0.1) is 16.2 Å². The van der Waals surface area contributed by atoms with E-state index >= 15 is 0 Å². The summed E-state index contributed by atoms with van der Waals surface area (Å²) in [4.78, 5) is 10.1. The van der Waals surface area contributed by atoms with Crippen LogP contribution in [0.5, 0.6) is 0 Å². The molecule has 0 saturated heterocycles. The number of non-ortho nitro benzene ring substituents is 1. The lowest BCUT2D eigenvalue weighted by Gasteiger charge is -1.94. The summed E-state index contributed by atoms with van der Waals surface area (Å²) in [5, 5.41) is 10.5. The van der Waals surface area contributed by atoms with E-state index in [4.69, 9.17) is 0 Å². The Hall–Kier alpha value is -2.42. The summed E-state index contributed by atoms with van der Waals surface area (Å²) in [5.74, 6) is 0. The van der Waals surface area contributed by atoms with Crippen LogP contribution >= 0.6 is 0 Å². The lowest BCUT2D eigenvalue weighted by molar-refractivity contribution is -0.384. The molecule has 2 aromatic rings. The zero-order valence-electron chi connectivity index (χ0n) is 9.04. The van der Waals surface area contributed by atoms with Crippen LogP contribution < -0.4 is 0 Å². The van der Waals surface area contributed by atoms with E-state index in [1.165, 1.54) is 12.1 Å². The van der Waals surface area contributed by atoms with Crippen molar-refractivity contribution in [3.63, 3.8) is 0 Å². The highest BCUT2D eigenvalue weighted by Crippen LogP contribution is 2.14. The summed E-state index contributed by atoms with van der Waals surface area (Å²) in [5.41, 5.74) is 2.11. The fourth-order valence-electron chi connectivity index (χ4n) is 1.41. The van der Waals surface area contributed by atoms with Crippen molar-refractivity contribution >= 4 is 17.8 Å². The molecular formula is C14H10NO2. The Morgan fingerprint density at radius 3 is 2.00 bits per heavy atom. The molecule has 0 N–H and O–H groups in total. The van der Waals surface area contributed by atoms with Crippen molar-refractivity contribution in [2.24, 2.45) is 0 Å². The van der Waals surface area contributed by atoms with Gasteiger partial charge in [-0.2, -0.15) is 0 Å². The van der Waals surface area contributed by atoms with Gasteiger partial charge in [-0.3, -0.25) is 10.1 Å². The molecule has 0 saturated carbocycles. The molecule has 0 aliphatic rings. The summed E-state index contributed by atoms with van der Waals surface area (Å²) >= 11 is 0. The zero-order chi connectivity index (χ0) is 12.1. The van der Waals surface area contributed by atoms with Gasteiger partial charge in [0.05, 0.1) is 4.92 Å². The molecule has 2 rings (SSSR count). The Morgan fingerprint density at radius 2 is 1.47 bits per heavy atom. The van der Waals surface area contributed by atoms with Crippen molar-refractivity contribution in [1.29, 1.82) is 0 Å². The standard InChI is InChI=1S/C14H10NO2/c16-15(17)14-10-8-13(9-11-14)7-6-12-4-2-1-3-5-12/h2-11H. The minimum atomic E-state index is -0.402. The minimum absolute atomic E-state index is 0.108. The predicted molar refractivity (Wildman–Crippen MR) is 67.3 cm³/mol. The fourth-order valence-corrected chi connectivity index (χ4v) is 1.41. The molecule has 3 heteroatoms. The molecule has 0 fully saturated rings. The van der Waals surface area contributed by atoms with Gasteiger partial charge in [0.15, 0.2) is 0 Å². The Kier molecular flexibility index (Phi) is 3.31. The third-order valence-electron chi connectivity index (χ3n) is 2.32. The van der Waals surface area contributed by atoms with E-state index in [9.17, 15) is 10.1 Å². The highest BCUT2D eigenvalue weighted by molar-refractivity contribution is 5.69. The van der Waals surface area contributed by atoms with E-state index in [0.29, 0.717) is 0 Å². The van der Waals surface area contributed by atoms with Crippen molar-refractivity contribution in [3.8, 4) is 0 Å². The molecule has 3 nitrogen and oxygen atoms in total. The Morgan fingerprint density at radius 1 is 0.941 bits per heavy atom. The van der Waals surface area contributed by atoms with Crippen molar-refractivity contribution < 1.29 is 4.92 Å². The summed E-state index contributed by atoms with van der Waals surface area (Å²) in [6, 6.07) is 17.0. The maximum atomic E-state index is 10.5. The second-order valence-corrected chi connectivity index (χ2v) is 3.52. The Balaban J connectivity index is 2.14. The topological polar surface area (TPSA) is 43.1 Å². The fraction of sp³-hybridized carbons (Fsp3) is 0. The van der Waals surface area contributed by atoms with Crippen molar-refractivity contribution in [2.75, 3.05) is 0 Å². The summed E-state index contributed by atoms with van der Waals surface area (Å²) in [6.45, 7) is 0. The lowest BCUT2D eigenvalue weighted by Crippen LogP contribution is -1.86. The van der Waals surface area contributed by atoms with Crippen LogP contribution in [0.2, 0.25) is 0 Å². The quantitative estimate of drug-likeness (QED) is 0.454. The number of hydrogen-bond acceptors (Lipinski definition) is 2. The summed E-state index contributed by atoms with van der Waals surface area (Å²) in [6.07, 6.45) is 3.87. The number of rotatable bonds is 3. The molecule has 83 valence electrons. The SMILES string of the molecule is O=[N+]([O-])c1ccc(C=Cc2cc[c]cc2)cc1. The molecular weight excluding hydrogens is 214 g/mol. The third-order valence-corrected chi connectivity index (χ3v) is 2.32. The van der Waals surface area contributed by atoms with Crippen LogP contribution in [0.4, 0.5) is 5.69 Å². The van der Waals surface area contributed by atoms with Crippen molar-refractivity contribution in [3.05, 3.63) is 75.8 Å². The second-order valence-electron chi connectivity index (χ2n) is 3.52. The number of nitrogens with zero attached hydrogens (tertiary/aromatic N) is 1. The second kappa shape index (κ2) is 5.07. The van der Waals surface area contributed by atoms with Gasteiger partial charge in [0.1, 0.15) is 0 Å². The normalized spacial score (nSPS) is 10.6. The molecule has 0 aromatic heterocycles. The molecule has 0 atom stereocenters. The molecule has 0 aliphatic carbocycles. The maximum Gasteiger partial charge on any atom is 0.269 e. The molecule has 0 aliphatic heterocycles. The van der Waals surface area contributed by atoms with E-state index in [1.807, 2.05) is 36.4 Å². The van der Waals surface area contributed by atoms with Gasteiger partial charge in [-0.05, 0) is 29.3 Å². The third kappa shape index (κ3) is 3.01. The van der Waals surface area contributed by atoms with Gasteiger partial charge < -0.3 is 0 Å². The van der Waals surface area contributed by atoms with Gasteiger partial charge in [0, 0.05) is 12.1 Å². The number of nitro groups is 1. The monoisotopic (exact) mass is 224 g/mol. The zero-order valence-corrected chi connectivity index (χ0v) is 9.04. The number of benzene rings is 2. The molecule has 1 radical (unpaired) electrons. The van der Waals surface area contributed by atoms with Gasteiger partial charge in [-0.15, -0.1) is 0 Å². The first-order chi connectivity index (χ1) is 8.25. The van der Waals surface area contributed by atoms with E-state index in [1.54, 1.807) is 12.1 Å². The number of hydrogen-bond donors (Lipinski definition) is 0. The molecule has 0 heterocycles. The Bertz CT molecular complexity index is 530. The van der Waals surface area contributed by atoms with Crippen molar-refractivity contribution in [2.45, 2.75) is 0 Å². The maximum absolute atomic E-state index is 10.5. The first-order valence-electron chi connectivity index (χ1n) is 5.14. The minimum Gasteiger partial charge on any atom is -0.258 e. The van der Waals surface area contributed by atoms with Gasteiger partial charge in [-0.1, -0.05) is 36.4 Å². The van der Waals surface area contributed by atoms with Crippen LogP contribution in [0.3, 0.4) is 0 Å². The number of nitro benzene ring substituents is 1. The van der Waals surface area contributed by atoms with Crippen LogP contribution in [0.15, 0.2) is 48.5 Å². The average Bonchev–Trinajstić information content (AvgIpc) is 2.38. The van der Waals surface area contributed by atoms with E-state index in [0.717, 1.165) is 11.1 Å². The van der Waals surface area contributed by atoms with Crippen LogP contribution in [-0.2, 0) is 0 Å². The van der Waals surface area contributed by atoms with Gasteiger partial charge >= 0.3 is 0 Å². The lowest BCUT2D eigenvalue weighted by atomic mass is 10.1.